The van der Waals surface area contributed by atoms with Crippen LogP contribution in [0.5, 0.6) is 0 Å². The van der Waals surface area contributed by atoms with Gasteiger partial charge in [-0.05, 0) is 42.6 Å². The van der Waals surface area contributed by atoms with Crippen LogP contribution in [0.2, 0.25) is 0 Å². The fourth-order valence-corrected chi connectivity index (χ4v) is 2.53. The average Bonchev–Trinajstić information content (AvgIpc) is 2.16. The highest BCUT2D eigenvalue weighted by molar-refractivity contribution is 5.75. The standard InChI is InChI=1S/C10H14O.C2H4O2/c1-10(2)8-4-3-7(6-11)9(10)5-8;1-2(3)4/h3,6,8-9H,4-5H2,1-2H3;1H3,(H,3,4)/p-1. The van der Waals surface area contributed by atoms with Crippen molar-refractivity contribution in [3.63, 3.8) is 0 Å². The molecular weight excluding hydrogens is 192 g/mol. The van der Waals surface area contributed by atoms with Crippen molar-refractivity contribution in [1.29, 1.82) is 0 Å². The second-order valence-electron chi connectivity index (χ2n) is 4.86. The smallest absolute Gasteiger partial charge is 0.146 e. The second-order valence-corrected chi connectivity index (χ2v) is 4.86. The van der Waals surface area contributed by atoms with E-state index in [1.54, 1.807) is 0 Å². The number of rotatable bonds is 1. The van der Waals surface area contributed by atoms with E-state index >= 15 is 0 Å². The summed E-state index contributed by atoms with van der Waals surface area (Å²) in [5, 5.41) is 8.89. The molecule has 0 aromatic carbocycles. The number of carbonyl (C=O) groups excluding carboxylic acids is 2. The van der Waals surface area contributed by atoms with Gasteiger partial charge >= 0.3 is 0 Å². The molecule has 0 spiro atoms. The van der Waals surface area contributed by atoms with Crippen LogP contribution in [-0.4, -0.2) is 12.3 Å². The van der Waals surface area contributed by atoms with Gasteiger partial charge in [-0.25, -0.2) is 0 Å². The van der Waals surface area contributed by atoms with Crippen molar-refractivity contribution in [2.75, 3.05) is 0 Å². The van der Waals surface area contributed by atoms with Crippen molar-refractivity contribution in [2.45, 2.75) is 33.6 Å². The predicted molar refractivity (Wildman–Crippen MR) is 54.8 cm³/mol. The highest BCUT2D eigenvalue weighted by Gasteiger charge is 2.50. The maximum absolute atomic E-state index is 10.6. The monoisotopic (exact) mass is 209 g/mol. The number of aldehydes is 1. The van der Waals surface area contributed by atoms with E-state index in [4.69, 9.17) is 9.90 Å². The maximum atomic E-state index is 10.6. The molecule has 3 heteroatoms. The van der Waals surface area contributed by atoms with E-state index in [-0.39, 0.29) is 0 Å². The summed E-state index contributed by atoms with van der Waals surface area (Å²) in [5.41, 5.74) is 1.46. The summed E-state index contributed by atoms with van der Waals surface area (Å²) in [6.07, 6.45) is 5.54. The van der Waals surface area contributed by atoms with Gasteiger partial charge < -0.3 is 9.90 Å². The topological polar surface area (TPSA) is 57.2 Å². The summed E-state index contributed by atoms with van der Waals surface area (Å²) in [4.78, 5) is 19.5. The fourth-order valence-electron chi connectivity index (χ4n) is 2.53. The van der Waals surface area contributed by atoms with E-state index in [1.165, 1.54) is 6.42 Å². The van der Waals surface area contributed by atoms with Gasteiger partial charge in [-0.15, -0.1) is 0 Å². The largest absolute Gasteiger partial charge is 0.550 e. The number of aliphatic carboxylic acids is 1. The molecule has 0 aromatic heterocycles. The van der Waals surface area contributed by atoms with Crippen LogP contribution in [0, 0.1) is 17.3 Å². The van der Waals surface area contributed by atoms with E-state index in [0.29, 0.717) is 11.3 Å². The lowest BCUT2D eigenvalue weighted by Gasteiger charge is -2.55. The molecule has 2 atom stereocenters. The molecule has 0 N–H and O–H groups in total. The van der Waals surface area contributed by atoms with Gasteiger partial charge in [0.2, 0.25) is 0 Å². The highest BCUT2D eigenvalue weighted by atomic mass is 16.4. The molecule has 0 heterocycles. The van der Waals surface area contributed by atoms with Crippen molar-refractivity contribution in [3.05, 3.63) is 11.6 Å². The number of fused-ring (bicyclic) bond motifs is 1. The number of allylic oxidation sites excluding steroid dienone is 2. The highest BCUT2D eigenvalue weighted by Crippen LogP contribution is 2.58. The first-order valence-electron chi connectivity index (χ1n) is 5.22. The quantitative estimate of drug-likeness (QED) is 0.604. The van der Waals surface area contributed by atoms with E-state index in [1.807, 2.05) is 0 Å². The lowest BCUT2D eigenvalue weighted by Crippen LogP contribution is -2.48. The third-order valence-corrected chi connectivity index (χ3v) is 3.65. The minimum atomic E-state index is -1.08. The van der Waals surface area contributed by atoms with Crippen molar-refractivity contribution < 1.29 is 14.7 Å². The third-order valence-electron chi connectivity index (χ3n) is 3.65. The van der Waals surface area contributed by atoms with Gasteiger partial charge in [-0.1, -0.05) is 19.9 Å². The van der Waals surface area contributed by atoms with Gasteiger partial charge in [0.15, 0.2) is 0 Å². The summed E-state index contributed by atoms with van der Waals surface area (Å²) in [6.45, 7) is 5.53. The van der Waals surface area contributed by atoms with Crippen LogP contribution in [0.1, 0.15) is 33.6 Å². The Balaban J connectivity index is 0.000000245. The number of carboxylic acids is 1. The van der Waals surface area contributed by atoms with Crippen molar-refractivity contribution in [2.24, 2.45) is 17.3 Å². The lowest BCUT2D eigenvalue weighted by atomic mass is 9.49. The Hall–Kier alpha value is -1.12. The molecule has 3 rings (SSSR count). The van der Waals surface area contributed by atoms with Gasteiger partial charge in [0.1, 0.15) is 6.29 Å². The normalized spacial score (nSPS) is 30.2. The Bertz CT molecular complexity index is 298. The zero-order valence-corrected chi connectivity index (χ0v) is 9.45. The van der Waals surface area contributed by atoms with Crippen molar-refractivity contribution in [1.82, 2.24) is 0 Å². The molecule has 15 heavy (non-hydrogen) atoms. The zero-order chi connectivity index (χ0) is 11.6. The molecule has 0 aromatic rings. The molecule has 3 nitrogen and oxygen atoms in total. The average molecular weight is 209 g/mol. The summed E-state index contributed by atoms with van der Waals surface area (Å²) < 4.78 is 0. The van der Waals surface area contributed by atoms with Crippen LogP contribution in [0.4, 0.5) is 0 Å². The Kier molecular flexibility index (Phi) is 3.32. The van der Waals surface area contributed by atoms with Crippen LogP contribution < -0.4 is 5.11 Å². The minimum absolute atomic E-state index is 0.408. The Morgan fingerprint density at radius 2 is 2.13 bits per heavy atom. The number of carbonyl (C=O) groups is 2. The molecule has 0 saturated heterocycles. The molecule has 1 saturated carbocycles. The zero-order valence-electron chi connectivity index (χ0n) is 9.45. The van der Waals surface area contributed by atoms with Crippen LogP contribution in [-0.2, 0) is 9.59 Å². The molecular formula is C12H17O3-. The first kappa shape index (κ1) is 12.0. The third kappa shape index (κ3) is 2.28. The van der Waals surface area contributed by atoms with Gasteiger partial charge in [-0.3, -0.25) is 4.79 Å². The van der Waals surface area contributed by atoms with E-state index in [0.717, 1.165) is 31.1 Å². The van der Waals surface area contributed by atoms with Crippen molar-refractivity contribution in [3.8, 4) is 0 Å². The first-order valence-corrected chi connectivity index (χ1v) is 5.22. The van der Waals surface area contributed by atoms with Crippen LogP contribution in [0.15, 0.2) is 11.6 Å². The van der Waals surface area contributed by atoms with Crippen LogP contribution in [0.25, 0.3) is 0 Å². The van der Waals surface area contributed by atoms with Gasteiger partial charge in [0.05, 0.1) is 0 Å². The van der Waals surface area contributed by atoms with Gasteiger partial charge in [0, 0.05) is 5.97 Å². The molecule has 0 radical (unpaired) electrons. The minimum Gasteiger partial charge on any atom is -0.550 e. The summed E-state index contributed by atoms with van der Waals surface area (Å²) in [7, 11) is 0. The maximum Gasteiger partial charge on any atom is 0.146 e. The van der Waals surface area contributed by atoms with Crippen LogP contribution in [0.3, 0.4) is 0 Å². The Morgan fingerprint density at radius 1 is 1.60 bits per heavy atom. The first-order chi connectivity index (χ1) is 6.89. The number of hydrogen-bond acceptors (Lipinski definition) is 3. The Morgan fingerprint density at radius 3 is 2.40 bits per heavy atom. The molecule has 2 bridgehead atoms. The number of carboxylic acid groups (broad SMARTS) is 1. The lowest BCUT2D eigenvalue weighted by molar-refractivity contribution is -0.302. The van der Waals surface area contributed by atoms with E-state index in [9.17, 15) is 4.79 Å². The molecule has 3 aliphatic rings. The van der Waals surface area contributed by atoms with Gasteiger partial charge in [-0.2, -0.15) is 0 Å². The summed E-state index contributed by atoms with van der Waals surface area (Å²) in [5.74, 6) is 0.329. The molecule has 0 aliphatic heterocycles. The summed E-state index contributed by atoms with van der Waals surface area (Å²) >= 11 is 0. The van der Waals surface area contributed by atoms with Crippen molar-refractivity contribution >= 4 is 12.3 Å². The van der Waals surface area contributed by atoms with Crippen LogP contribution >= 0.6 is 0 Å². The molecule has 2 unspecified atom stereocenters. The Labute approximate surface area is 90.2 Å². The second kappa shape index (κ2) is 4.17. The number of hydrogen-bond donors (Lipinski definition) is 0. The van der Waals surface area contributed by atoms with E-state index in [2.05, 4.69) is 19.9 Å². The molecule has 1 fully saturated rings. The predicted octanol–water partition coefficient (Wildman–Crippen LogP) is 0.934. The van der Waals surface area contributed by atoms with Gasteiger partial charge in [0.25, 0.3) is 0 Å². The SMILES string of the molecule is CC(=O)[O-].CC1(C)C2CC=C(C=O)C1C2. The molecule has 3 aliphatic carbocycles. The van der Waals surface area contributed by atoms with E-state index < -0.39 is 5.97 Å². The fraction of sp³-hybridized carbons (Fsp3) is 0.667. The molecule has 0 amide bonds. The summed E-state index contributed by atoms with van der Waals surface area (Å²) in [6, 6.07) is 0. The molecule has 84 valence electrons.